The fraction of sp³-hybridized carbons (Fsp3) is 0.200. The smallest absolute Gasteiger partial charge is 0.299 e. The van der Waals surface area contributed by atoms with Crippen LogP contribution >= 0.6 is 11.3 Å². The van der Waals surface area contributed by atoms with Gasteiger partial charge in [-0.15, -0.1) is 0 Å². The van der Waals surface area contributed by atoms with Crippen molar-refractivity contribution in [3.8, 4) is 5.06 Å². The first-order valence-corrected chi connectivity index (χ1v) is 3.23. The summed E-state index contributed by atoms with van der Waals surface area (Å²) in [6.45, 7) is 2.19. The maximum atomic E-state index is 9.78. The standard InChI is InChI=1S/C5H5NO2S/c1-4-5(8-3-7)9-2-6-4/h2-3H,1H3. The normalized spacial score (nSPS) is 9.00. The van der Waals surface area contributed by atoms with Crippen molar-refractivity contribution < 1.29 is 9.53 Å². The molecule has 0 aliphatic rings. The minimum absolute atomic E-state index is 0.403. The van der Waals surface area contributed by atoms with Crippen LogP contribution in [0.25, 0.3) is 0 Å². The van der Waals surface area contributed by atoms with E-state index in [4.69, 9.17) is 0 Å². The van der Waals surface area contributed by atoms with Gasteiger partial charge in [-0.05, 0) is 6.92 Å². The molecule has 4 heteroatoms. The number of carbonyl (C=O) groups is 1. The summed E-state index contributed by atoms with van der Waals surface area (Å²) < 4.78 is 4.55. The summed E-state index contributed by atoms with van der Waals surface area (Å²) in [5.74, 6) is 0. The lowest BCUT2D eigenvalue weighted by Crippen LogP contribution is -1.86. The third kappa shape index (κ3) is 1.26. The summed E-state index contributed by atoms with van der Waals surface area (Å²) in [6, 6.07) is 0. The van der Waals surface area contributed by atoms with Gasteiger partial charge >= 0.3 is 0 Å². The monoisotopic (exact) mass is 143 g/mol. The summed E-state index contributed by atoms with van der Waals surface area (Å²) in [5, 5.41) is 0.574. The highest BCUT2D eigenvalue weighted by atomic mass is 32.1. The molecule has 1 rings (SSSR count). The number of carbonyl (C=O) groups excluding carboxylic acids is 1. The molecule has 0 aliphatic carbocycles. The molecule has 0 spiro atoms. The summed E-state index contributed by atoms with van der Waals surface area (Å²) >= 11 is 1.31. The second kappa shape index (κ2) is 2.59. The van der Waals surface area contributed by atoms with E-state index in [1.165, 1.54) is 11.3 Å². The van der Waals surface area contributed by atoms with Crippen molar-refractivity contribution in [3.05, 3.63) is 11.2 Å². The van der Waals surface area contributed by atoms with Gasteiger partial charge in [0.15, 0.2) is 0 Å². The SMILES string of the molecule is Cc1ncsc1OC=O. The lowest BCUT2D eigenvalue weighted by atomic mass is 10.6. The summed E-state index contributed by atoms with van der Waals surface area (Å²) in [6.07, 6.45) is 0. The van der Waals surface area contributed by atoms with Crippen LogP contribution in [0.1, 0.15) is 5.69 Å². The Kier molecular flexibility index (Phi) is 1.79. The molecule has 3 nitrogen and oxygen atoms in total. The van der Waals surface area contributed by atoms with Gasteiger partial charge in [0.1, 0.15) is 0 Å². The zero-order chi connectivity index (χ0) is 6.69. The van der Waals surface area contributed by atoms with E-state index in [0.717, 1.165) is 5.69 Å². The summed E-state index contributed by atoms with van der Waals surface area (Å²) in [7, 11) is 0. The number of aromatic nitrogens is 1. The third-order valence-electron chi connectivity index (χ3n) is 0.857. The van der Waals surface area contributed by atoms with Crippen LogP contribution in [0.15, 0.2) is 5.51 Å². The molecule has 9 heavy (non-hydrogen) atoms. The molecule has 0 fully saturated rings. The largest absolute Gasteiger partial charge is 0.416 e. The molecule has 0 N–H and O–H groups in total. The van der Waals surface area contributed by atoms with Gasteiger partial charge in [0.2, 0.25) is 5.06 Å². The predicted molar refractivity (Wildman–Crippen MR) is 33.5 cm³/mol. The van der Waals surface area contributed by atoms with Crippen LogP contribution in [0.4, 0.5) is 0 Å². The number of hydrogen-bond donors (Lipinski definition) is 0. The number of rotatable bonds is 2. The molecule has 0 radical (unpaired) electrons. The number of nitrogens with zero attached hydrogens (tertiary/aromatic N) is 1. The Hall–Kier alpha value is -0.900. The molecule has 1 aromatic heterocycles. The first-order chi connectivity index (χ1) is 4.34. The molecule has 48 valence electrons. The Bertz CT molecular complexity index is 208. The van der Waals surface area contributed by atoms with Crippen LogP contribution in [0.5, 0.6) is 5.06 Å². The van der Waals surface area contributed by atoms with E-state index < -0.39 is 0 Å². The first kappa shape index (κ1) is 6.22. The van der Waals surface area contributed by atoms with Crippen LogP contribution in [-0.2, 0) is 4.79 Å². The molecular formula is C5H5NO2S. The molecule has 1 heterocycles. The minimum Gasteiger partial charge on any atom is -0.416 e. The zero-order valence-electron chi connectivity index (χ0n) is 4.83. The van der Waals surface area contributed by atoms with Crippen molar-refractivity contribution in [1.29, 1.82) is 0 Å². The molecule has 1 aromatic rings. The van der Waals surface area contributed by atoms with Crippen molar-refractivity contribution in [2.45, 2.75) is 6.92 Å². The first-order valence-electron chi connectivity index (χ1n) is 2.35. The molecular weight excluding hydrogens is 138 g/mol. The molecule has 0 unspecified atom stereocenters. The van der Waals surface area contributed by atoms with E-state index in [2.05, 4.69) is 9.72 Å². The Balaban J connectivity index is 2.80. The molecule has 0 aromatic carbocycles. The maximum Gasteiger partial charge on any atom is 0.299 e. The Morgan fingerprint density at radius 1 is 1.89 bits per heavy atom. The summed E-state index contributed by atoms with van der Waals surface area (Å²) in [5.41, 5.74) is 2.39. The van der Waals surface area contributed by atoms with E-state index in [9.17, 15) is 4.79 Å². The van der Waals surface area contributed by atoms with Gasteiger partial charge in [0, 0.05) is 0 Å². The van der Waals surface area contributed by atoms with Crippen LogP contribution in [0.3, 0.4) is 0 Å². The Morgan fingerprint density at radius 2 is 2.67 bits per heavy atom. The van der Waals surface area contributed by atoms with E-state index in [0.29, 0.717) is 11.5 Å². The van der Waals surface area contributed by atoms with E-state index in [1.807, 2.05) is 0 Å². The van der Waals surface area contributed by atoms with E-state index in [-0.39, 0.29) is 0 Å². The summed E-state index contributed by atoms with van der Waals surface area (Å²) in [4.78, 5) is 13.7. The Morgan fingerprint density at radius 3 is 3.11 bits per heavy atom. The lowest BCUT2D eigenvalue weighted by Gasteiger charge is -1.88. The fourth-order valence-electron chi connectivity index (χ4n) is 0.448. The Labute approximate surface area is 56.3 Å². The maximum absolute atomic E-state index is 9.78. The average molecular weight is 143 g/mol. The van der Waals surface area contributed by atoms with Gasteiger partial charge in [0.05, 0.1) is 11.2 Å². The van der Waals surface area contributed by atoms with Gasteiger partial charge in [-0.2, -0.15) is 0 Å². The highest BCUT2D eigenvalue weighted by molar-refractivity contribution is 7.11. The molecule has 0 amide bonds. The lowest BCUT2D eigenvalue weighted by molar-refractivity contribution is -0.120. The van der Waals surface area contributed by atoms with Crippen molar-refractivity contribution in [1.82, 2.24) is 4.98 Å². The molecule has 0 aliphatic heterocycles. The van der Waals surface area contributed by atoms with Gasteiger partial charge in [-0.1, -0.05) is 11.3 Å². The molecule has 0 saturated heterocycles. The van der Waals surface area contributed by atoms with Crippen LogP contribution in [0.2, 0.25) is 0 Å². The highest BCUT2D eigenvalue weighted by Crippen LogP contribution is 2.20. The minimum atomic E-state index is 0.403. The van der Waals surface area contributed by atoms with Gasteiger partial charge in [-0.3, -0.25) is 4.79 Å². The average Bonchev–Trinajstić information content (AvgIpc) is 2.18. The van der Waals surface area contributed by atoms with Crippen LogP contribution in [0, 0.1) is 6.92 Å². The second-order valence-electron chi connectivity index (χ2n) is 1.44. The number of aryl methyl sites for hydroxylation is 1. The van der Waals surface area contributed by atoms with Gasteiger partial charge in [0.25, 0.3) is 6.47 Å². The number of hydrogen-bond acceptors (Lipinski definition) is 4. The topological polar surface area (TPSA) is 39.2 Å². The molecule has 0 saturated carbocycles. The fourth-order valence-corrected chi connectivity index (χ4v) is 1.07. The van der Waals surface area contributed by atoms with Crippen molar-refractivity contribution >= 4 is 17.8 Å². The third-order valence-corrected chi connectivity index (χ3v) is 1.67. The highest BCUT2D eigenvalue weighted by Gasteiger charge is 1.98. The quantitative estimate of drug-likeness (QED) is 0.579. The number of thiazole rings is 1. The van der Waals surface area contributed by atoms with Gasteiger partial charge in [-0.25, -0.2) is 4.98 Å². The molecule has 0 atom stereocenters. The van der Waals surface area contributed by atoms with Crippen molar-refractivity contribution in [3.63, 3.8) is 0 Å². The zero-order valence-corrected chi connectivity index (χ0v) is 5.64. The van der Waals surface area contributed by atoms with Crippen molar-refractivity contribution in [2.24, 2.45) is 0 Å². The van der Waals surface area contributed by atoms with Crippen LogP contribution < -0.4 is 4.74 Å². The molecule has 0 bridgehead atoms. The predicted octanol–water partition coefficient (Wildman–Crippen LogP) is 0.987. The van der Waals surface area contributed by atoms with Gasteiger partial charge < -0.3 is 4.74 Å². The second-order valence-corrected chi connectivity index (χ2v) is 2.26. The van der Waals surface area contributed by atoms with Crippen LogP contribution in [-0.4, -0.2) is 11.5 Å². The van der Waals surface area contributed by atoms with Crippen molar-refractivity contribution in [2.75, 3.05) is 0 Å². The number of ether oxygens (including phenoxy) is 1. The van der Waals surface area contributed by atoms with E-state index in [1.54, 1.807) is 12.4 Å². The van der Waals surface area contributed by atoms with E-state index >= 15 is 0 Å².